The maximum absolute atomic E-state index is 5.88. The average Bonchev–Trinajstić information content (AvgIpc) is 3.19. The molecule has 1 aromatic carbocycles. The molecule has 120 valence electrons. The predicted octanol–water partition coefficient (Wildman–Crippen LogP) is 3.49. The van der Waals surface area contributed by atoms with Gasteiger partial charge in [-0.1, -0.05) is 12.1 Å². The normalized spacial score (nSPS) is 18.6. The van der Waals surface area contributed by atoms with E-state index in [1.54, 1.807) is 0 Å². The van der Waals surface area contributed by atoms with Crippen LogP contribution in [0.4, 0.5) is 0 Å². The van der Waals surface area contributed by atoms with Crippen molar-refractivity contribution in [2.24, 2.45) is 0 Å². The van der Waals surface area contributed by atoms with Crippen molar-refractivity contribution in [1.82, 2.24) is 19.1 Å². The van der Waals surface area contributed by atoms with E-state index in [0.717, 1.165) is 48.8 Å². The number of ether oxygens (including phenoxy) is 1. The lowest BCUT2D eigenvalue weighted by Gasteiger charge is -2.23. The van der Waals surface area contributed by atoms with E-state index in [-0.39, 0.29) is 6.10 Å². The van der Waals surface area contributed by atoms with Crippen LogP contribution in [0.2, 0.25) is 0 Å². The molecular formula is C18H22N4O. The van der Waals surface area contributed by atoms with Gasteiger partial charge in [-0.3, -0.25) is 0 Å². The van der Waals surface area contributed by atoms with Crippen molar-refractivity contribution in [3.63, 3.8) is 0 Å². The molecule has 2 aromatic heterocycles. The van der Waals surface area contributed by atoms with Crippen LogP contribution in [-0.2, 0) is 17.8 Å². The fourth-order valence-electron chi connectivity index (χ4n) is 3.40. The molecule has 0 unspecified atom stereocenters. The second-order valence-electron chi connectivity index (χ2n) is 6.06. The lowest BCUT2D eigenvalue weighted by atomic mass is 10.1. The number of fused-ring (bicyclic) bond motifs is 1. The molecule has 1 atom stereocenters. The molecule has 0 saturated carbocycles. The van der Waals surface area contributed by atoms with Crippen LogP contribution in [0.3, 0.4) is 0 Å². The third-order valence-corrected chi connectivity index (χ3v) is 4.56. The minimum absolute atomic E-state index is 0.288. The monoisotopic (exact) mass is 310 g/mol. The zero-order valence-corrected chi connectivity index (χ0v) is 13.5. The summed E-state index contributed by atoms with van der Waals surface area (Å²) in [6.45, 7) is 4.75. The Morgan fingerprint density at radius 2 is 2.13 bits per heavy atom. The van der Waals surface area contributed by atoms with Gasteiger partial charge in [0.25, 0.3) is 0 Å². The quantitative estimate of drug-likeness (QED) is 0.741. The fraction of sp³-hybridized carbons (Fsp3) is 0.444. The second kappa shape index (κ2) is 6.16. The number of aryl methyl sites for hydroxylation is 1. The lowest BCUT2D eigenvalue weighted by Crippen LogP contribution is -2.24. The molecule has 0 amide bonds. The van der Waals surface area contributed by atoms with Gasteiger partial charge in [0.2, 0.25) is 0 Å². The third-order valence-electron chi connectivity index (χ3n) is 4.56. The topological polar surface area (TPSA) is 44.9 Å². The van der Waals surface area contributed by atoms with Crippen LogP contribution in [0.5, 0.6) is 0 Å². The van der Waals surface area contributed by atoms with Gasteiger partial charge in [-0.15, -0.1) is 0 Å². The number of hydrogen-bond acceptors (Lipinski definition) is 3. The number of aromatic nitrogens is 4. The summed E-state index contributed by atoms with van der Waals surface area (Å²) in [7, 11) is 0. The molecule has 0 radical (unpaired) electrons. The summed E-state index contributed by atoms with van der Waals surface area (Å²) in [5.74, 6) is 1.87. The van der Waals surface area contributed by atoms with Gasteiger partial charge in [-0.05, 0) is 38.3 Å². The van der Waals surface area contributed by atoms with Gasteiger partial charge < -0.3 is 13.9 Å². The first kappa shape index (κ1) is 14.5. The van der Waals surface area contributed by atoms with Crippen LogP contribution < -0.4 is 0 Å². The zero-order valence-electron chi connectivity index (χ0n) is 13.5. The molecule has 5 heteroatoms. The average molecular weight is 310 g/mol. The van der Waals surface area contributed by atoms with Gasteiger partial charge in [0.05, 0.1) is 23.7 Å². The fourth-order valence-corrected chi connectivity index (χ4v) is 3.40. The van der Waals surface area contributed by atoms with Crippen LogP contribution >= 0.6 is 0 Å². The number of para-hydroxylation sites is 2. The van der Waals surface area contributed by atoms with Crippen molar-refractivity contribution in [2.45, 2.75) is 45.4 Å². The maximum Gasteiger partial charge on any atom is 0.177 e. The van der Waals surface area contributed by atoms with E-state index in [1.165, 1.54) is 12.8 Å². The van der Waals surface area contributed by atoms with Crippen LogP contribution in [0.15, 0.2) is 36.7 Å². The van der Waals surface area contributed by atoms with Crippen molar-refractivity contribution in [1.29, 1.82) is 0 Å². The van der Waals surface area contributed by atoms with Crippen LogP contribution in [0, 0.1) is 0 Å². The van der Waals surface area contributed by atoms with Gasteiger partial charge >= 0.3 is 0 Å². The molecule has 23 heavy (non-hydrogen) atoms. The summed E-state index contributed by atoms with van der Waals surface area (Å²) < 4.78 is 10.3. The molecule has 0 aliphatic carbocycles. The molecule has 1 saturated heterocycles. The Morgan fingerprint density at radius 1 is 1.22 bits per heavy atom. The van der Waals surface area contributed by atoms with Crippen molar-refractivity contribution >= 4 is 11.0 Å². The molecule has 3 aromatic rings. The Bertz CT molecular complexity index is 798. The molecular weight excluding hydrogens is 288 g/mol. The third kappa shape index (κ3) is 2.65. The summed E-state index contributed by atoms with van der Waals surface area (Å²) in [5, 5.41) is 0. The number of nitrogens with zero attached hydrogens (tertiary/aromatic N) is 4. The van der Waals surface area contributed by atoms with E-state index in [0.29, 0.717) is 0 Å². The van der Waals surface area contributed by atoms with Crippen molar-refractivity contribution < 1.29 is 4.74 Å². The van der Waals surface area contributed by atoms with Crippen molar-refractivity contribution in [3.8, 4) is 11.6 Å². The first-order valence-corrected chi connectivity index (χ1v) is 8.45. The summed E-state index contributed by atoms with van der Waals surface area (Å²) in [6.07, 6.45) is 7.74. The standard InChI is InChI=1S/C18H22N4O/c1-2-22-16-9-4-3-8-15(16)20-18(22)17-19-10-11-21(17)13-14-7-5-6-12-23-14/h3-4,8-11,14H,2,5-7,12-13H2,1H3/t14-/m0/s1. The first-order valence-electron chi connectivity index (χ1n) is 8.45. The second-order valence-corrected chi connectivity index (χ2v) is 6.06. The Balaban J connectivity index is 1.72. The van der Waals surface area contributed by atoms with Gasteiger partial charge in [0.15, 0.2) is 11.6 Å². The van der Waals surface area contributed by atoms with E-state index in [1.807, 2.05) is 18.5 Å². The highest BCUT2D eigenvalue weighted by Crippen LogP contribution is 2.25. The Labute approximate surface area is 135 Å². The van der Waals surface area contributed by atoms with Crippen LogP contribution in [0.25, 0.3) is 22.7 Å². The molecule has 3 heterocycles. The van der Waals surface area contributed by atoms with Gasteiger partial charge in [-0.25, -0.2) is 9.97 Å². The SMILES string of the molecule is CCn1c(-c2nccn2C[C@@H]2CCCCO2)nc2ccccc21. The van der Waals surface area contributed by atoms with E-state index in [2.05, 4.69) is 39.2 Å². The minimum Gasteiger partial charge on any atom is -0.376 e. The number of benzene rings is 1. The number of hydrogen-bond donors (Lipinski definition) is 0. The maximum atomic E-state index is 5.88. The van der Waals surface area contributed by atoms with E-state index >= 15 is 0 Å². The first-order chi connectivity index (χ1) is 11.4. The summed E-state index contributed by atoms with van der Waals surface area (Å²) in [6, 6.07) is 8.26. The molecule has 4 rings (SSSR count). The smallest absolute Gasteiger partial charge is 0.177 e. The van der Waals surface area contributed by atoms with Gasteiger partial charge in [-0.2, -0.15) is 0 Å². The van der Waals surface area contributed by atoms with Crippen molar-refractivity contribution in [2.75, 3.05) is 6.61 Å². The van der Waals surface area contributed by atoms with Gasteiger partial charge in [0, 0.05) is 25.5 Å². The van der Waals surface area contributed by atoms with E-state index in [4.69, 9.17) is 9.72 Å². The van der Waals surface area contributed by atoms with E-state index < -0.39 is 0 Å². The predicted molar refractivity (Wildman–Crippen MR) is 90.2 cm³/mol. The van der Waals surface area contributed by atoms with Crippen LogP contribution in [0.1, 0.15) is 26.2 Å². The molecule has 0 bridgehead atoms. The summed E-state index contributed by atoms with van der Waals surface area (Å²) in [5.41, 5.74) is 2.18. The highest BCUT2D eigenvalue weighted by Gasteiger charge is 2.19. The number of rotatable bonds is 4. The van der Waals surface area contributed by atoms with Crippen LogP contribution in [-0.4, -0.2) is 31.8 Å². The largest absolute Gasteiger partial charge is 0.376 e. The lowest BCUT2D eigenvalue weighted by molar-refractivity contribution is 0.00622. The van der Waals surface area contributed by atoms with Gasteiger partial charge in [0.1, 0.15) is 0 Å². The Hall–Kier alpha value is -2.14. The molecule has 1 aliphatic heterocycles. The Kier molecular flexibility index (Phi) is 3.87. The molecule has 1 fully saturated rings. The molecule has 0 spiro atoms. The Morgan fingerprint density at radius 3 is 2.96 bits per heavy atom. The highest BCUT2D eigenvalue weighted by molar-refractivity contribution is 5.79. The summed E-state index contributed by atoms with van der Waals surface area (Å²) in [4.78, 5) is 9.40. The van der Waals surface area contributed by atoms with E-state index in [9.17, 15) is 0 Å². The highest BCUT2D eigenvalue weighted by atomic mass is 16.5. The van der Waals surface area contributed by atoms with Crippen molar-refractivity contribution in [3.05, 3.63) is 36.7 Å². The minimum atomic E-state index is 0.288. The zero-order chi connectivity index (χ0) is 15.6. The summed E-state index contributed by atoms with van der Waals surface area (Å²) >= 11 is 0. The molecule has 0 N–H and O–H groups in total. The molecule has 5 nitrogen and oxygen atoms in total. The molecule has 1 aliphatic rings. The number of imidazole rings is 2.